The second kappa shape index (κ2) is 10.5. The number of rotatable bonds is 6. The fourth-order valence-electron chi connectivity index (χ4n) is 3.82. The molecule has 37 heavy (non-hydrogen) atoms. The van der Waals surface area contributed by atoms with E-state index in [1.807, 2.05) is 0 Å². The van der Waals surface area contributed by atoms with Gasteiger partial charge in [-0.15, -0.1) is 5.10 Å². The smallest absolute Gasteiger partial charge is 0.355 e. The fourth-order valence-corrected chi connectivity index (χ4v) is 4.64. The molecule has 1 aliphatic heterocycles. The van der Waals surface area contributed by atoms with Gasteiger partial charge in [0.1, 0.15) is 5.70 Å². The Labute approximate surface area is 222 Å². The molecule has 2 aromatic carbocycles. The van der Waals surface area contributed by atoms with Gasteiger partial charge in [0, 0.05) is 28.7 Å². The molecule has 1 aromatic heterocycles. The quantitative estimate of drug-likeness (QED) is 0.405. The molecule has 0 aliphatic carbocycles. The number of benzene rings is 2. The molecular formula is C24H19BrClF3N6O2. The normalized spacial score (nSPS) is 13.5. The molecule has 0 bridgehead atoms. The minimum Gasteiger partial charge on any atom is -0.355 e. The van der Waals surface area contributed by atoms with Crippen molar-refractivity contribution in [2.24, 2.45) is 4.99 Å². The highest BCUT2D eigenvalue weighted by atomic mass is 79.9. The van der Waals surface area contributed by atoms with Crippen molar-refractivity contribution in [2.45, 2.75) is 26.1 Å². The van der Waals surface area contributed by atoms with Crippen LogP contribution in [0.15, 0.2) is 57.8 Å². The van der Waals surface area contributed by atoms with E-state index in [0.29, 0.717) is 43.8 Å². The third-order valence-corrected chi connectivity index (χ3v) is 6.30. The third kappa shape index (κ3) is 5.75. The number of aliphatic imine (C=N–C) groups is 1. The van der Waals surface area contributed by atoms with Gasteiger partial charge in [-0.25, -0.2) is 4.99 Å². The van der Waals surface area contributed by atoms with E-state index in [1.165, 1.54) is 7.05 Å². The molecule has 1 aliphatic rings. The molecule has 0 unspecified atom stereocenters. The van der Waals surface area contributed by atoms with Crippen molar-refractivity contribution in [3.8, 4) is 0 Å². The van der Waals surface area contributed by atoms with Crippen LogP contribution in [0.1, 0.15) is 33.6 Å². The van der Waals surface area contributed by atoms with E-state index in [4.69, 9.17) is 11.6 Å². The van der Waals surface area contributed by atoms with Crippen LogP contribution in [0.3, 0.4) is 0 Å². The Kier molecular flexibility index (Phi) is 7.51. The van der Waals surface area contributed by atoms with Crippen molar-refractivity contribution in [1.29, 1.82) is 0 Å². The minimum atomic E-state index is -4.63. The van der Waals surface area contributed by atoms with Crippen LogP contribution in [-0.2, 0) is 17.5 Å². The van der Waals surface area contributed by atoms with E-state index in [0.717, 1.165) is 4.80 Å². The molecule has 2 N–H and O–H groups in total. The van der Waals surface area contributed by atoms with Gasteiger partial charge in [-0.1, -0.05) is 45.7 Å². The first-order valence-corrected chi connectivity index (χ1v) is 12.0. The second-order valence-corrected chi connectivity index (χ2v) is 9.42. The molecule has 2 amide bonds. The summed E-state index contributed by atoms with van der Waals surface area (Å²) in [7, 11) is 1.48. The Morgan fingerprint density at radius 3 is 2.57 bits per heavy atom. The third-order valence-electron chi connectivity index (χ3n) is 5.51. The van der Waals surface area contributed by atoms with Gasteiger partial charge >= 0.3 is 6.18 Å². The second-order valence-electron chi connectivity index (χ2n) is 8.10. The van der Waals surface area contributed by atoms with Gasteiger partial charge in [0.05, 0.1) is 24.0 Å². The van der Waals surface area contributed by atoms with E-state index in [9.17, 15) is 22.8 Å². The van der Waals surface area contributed by atoms with Crippen LogP contribution in [0.5, 0.6) is 0 Å². The lowest BCUT2D eigenvalue weighted by molar-refractivity contribution is -0.141. The molecule has 0 radical (unpaired) electrons. The summed E-state index contributed by atoms with van der Waals surface area (Å²) in [6, 6.07) is 10.2. The molecular weight excluding hydrogens is 577 g/mol. The van der Waals surface area contributed by atoms with E-state index >= 15 is 0 Å². The van der Waals surface area contributed by atoms with Crippen molar-refractivity contribution < 1.29 is 22.8 Å². The molecule has 13 heteroatoms. The molecule has 0 saturated heterocycles. The number of amides is 2. The van der Waals surface area contributed by atoms with Crippen LogP contribution in [0, 0.1) is 6.92 Å². The largest absolute Gasteiger partial charge is 0.436 e. The van der Waals surface area contributed by atoms with Gasteiger partial charge < -0.3 is 10.6 Å². The van der Waals surface area contributed by atoms with Crippen LogP contribution in [-0.4, -0.2) is 39.6 Å². The van der Waals surface area contributed by atoms with E-state index in [2.05, 4.69) is 41.8 Å². The molecule has 0 saturated carbocycles. The zero-order valence-corrected chi connectivity index (χ0v) is 21.8. The van der Waals surface area contributed by atoms with Gasteiger partial charge in [0.2, 0.25) is 0 Å². The SMILES string of the molecule is CNC(=O)c1cc(Br)cc(C)c1NC(=O)C1=C(c2ccccc2Cl)CC(Cn2ncc(C(F)(F)F)n2)=N1. The Balaban J connectivity index is 1.71. The van der Waals surface area contributed by atoms with Gasteiger partial charge in [0.15, 0.2) is 5.69 Å². The van der Waals surface area contributed by atoms with Crippen LogP contribution in [0.25, 0.3) is 5.57 Å². The summed E-state index contributed by atoms with van der Waals surface area (Å²) in [5.41, 5.74) is 1.46. The fraction of sp³-hybridized carbons (Fsp3) is 0.208. The molecule has 4 rings (SSSR count). The lowest BCUT2D eigenvalue weighted by atomic mass is 10.00. The molecule has 0 atom stereocenters. The predicted octanol–water partition coefficient (Wildman–Crippen LogP) is 5.28. The molecule has 3 aromatic rings. The minimum absolute atomic E-state index is 0.0245. The Morgan fingerprint density at radius 1 is 1.19 bits per heavy atom. The van der Waals surface area contributed by atoms with E-state index in [1.54, 1.807) is 43.3 Å². The van der Waals surface area contributed by atoms with E-state index < -0.39 is 23.7 Å². The highest BCUT2D eigenvalue weighted by molar-refractivity contribution is 9.10. The summed E-state index contributed by atoms with van der Waals surface area (Å²) in [6.07, 6.45) is -3.87. The number of hydrogen-bond acceptors (Lipinski definition) is 5. The first-order chi connectivity index (χ1) is 17.5. The number of nitrogens with zero attached hydrogens (tertiary/aromatic N) is 4. The molecule has 0 fully saturated rings. The Morgan fingerprint density at radius 2 is 1.92 bits per heavy atom. The summed E-state index contributed by atoms with van der Waals surface area (Å²) in [5.74, 6) is -1.01. The first-order valence-electron chi connectivity index (χ1n) is 10.8. The van der Waals surface area contributed by atoms with Crippen LogP contribution in [0.2, 0.25) is 5.02 Å². The van der Waals surface area contributed by atoms with Crippen molar-refractivity contribution in [3.05, 3.63) is 80.2 Å². The predicted molar refractivity (Wildman–Crippen MR) is 136 cm³/mol. The van der Waals surface area contributed by atoms with Gasteiger partial charge in [-0.2, -0.15) is 23.1 Å². The van der Waals surface area contributed by atoms with Gasteiger partial charge in [-0.3, -0.25) is 9.59 Å². The number of hydrogen-bond donors (Lipinski definition) is 2. The molecule has 8 nitrogen and oxygen atoms in total. The maximum absolute atomic E-state index is 13.5. The lowest BCUT2D eigenvalue weighted by Gasteiger charge is -2.15. The van der Waals surface area contributed by atoms with E-state index in [-0.39, 0.29) is 24.2 Å². The van der Waals surface area contributed by atoms with Crippen molar-refractivity contribution in [2.75, 3.05) is 12.4 Å². The summed E-state index contributed by atoms with van der Waals surface area (Å²) in [5, 5.41) is 12.8. The van der Waals surface area contributed by atoms with Crippen LogP contribution in [0.4, 0.5) is 18.9 Å². The lowest BCUT2D eigenvalue weighted by Crippen LogP contribution is -2.23. The Hall–Kier alpha value is -3.51. The summed E-state index contributed by atoms with van der Waals surface area (Å²) in [4.78, 5) is 31.3. The number of aromatic nitrogens is 3. The Bertz CT molecular complexity index is 1460. The zero-order valence-electron chi connectivity index (χ0n) is 19.5. The number of carbonyl (C=O) groups excluding carboxylic acids is 2. The molecule has 192 valence electrons. The topological polar surface area (TPSA) is 101 Å². The maximum atomic E-state index is 13.5. The highest BCUT2D eigenvalue weighted by Gasteiger charge is 2.35. The average molecular weight is 596 g/mol. The molecule has 2 heterocycles. The van der Waals surface area contributed by atoms with Crippen molar-refractivity contribution in [3.63, 3.8) is 0 Å². The maximum Gasteiger partial charge on any atom is 0.436 e. The molecule has 0 spiro atoms. The summed E-state index contributed by atoms with van der Waals surface area (Å²) in [6.45, 7) is 1.57. The standard InChI is InChI=1S/C24H19BrClF3N6O2/c1-12-7-13(25)8-17(22(36)30-2)20(12)33-23(37)21-16(15-5-3-4-6-18(15)26)9-14(32-21)11-35-31-10-19(34-35)24(27,28)29/h3-8,10H,9,11H2,1-2H3,(H,30,36)(H,33,37). The summed E-state index contributed by atoms with van der Waals surface area (Å²) < 4.78 is 39.5. The monoisotopic (exact) mass is 594 g/mol. The van der Waals surface area contributed by atoms with Crippen molar-refractivity contribution >= 4 is 56.3 Å². The number of allylic oxidation sites excluding steroid dienone is 1. The number of halogens is 5. The van der Waals surface area contributed by atoms with Gasteiger partial charge in [-0.05, 0) is 41.8 Å². The number of carbonyl (C=O) groups is 2. The van der Waals surface area contributed by atoms with Crippen LogP contribution >= 0.6 is 27.5 Å². The highest BCUT2D eigenvalue weighted by Crippen LogP contribution is 2.35. The number of anilines is 1. The number of aryl methyl sites for hydroxylation is 1. The van der Waals surface area contributed by atoms with Crippen LogP contribution < -0.4 is 10.6 Å². The average Bonchev–Trinajstić information content (AvgIpc) is 3.48. The zero-order chi connectivity index (χ0) is 26.9. The van der Waals surface area contributed by atoms with Gasteiger partial charge in [0.25, 0.3) is 11.8 Å². The summed E-state index contributed by atoms with van der Waals surface area (Å²) >= 11 is 9.75. The number of alkyl halides is 3. The first kappa shape index (κ1) is 26.6. The van der Waals surface area contributed by atoms with Crippen molar-refractivity contribution in [1.82, 2.24) is 20.3 Å². The number of nitrogens with one attached hydrogen (secondary N) is 2.